The van der Waals surface area contributed by atoms with E-state index in [-0.39, 0.29) is 29.2 Å². The number of nitrogens with zero attached hydrogens (tertiary/aromatic N) is 3. The van der Waals surface area contributed by atoms with Crippen molar-refractivity contribution in [2.24, 2.45) is 17.6 Å². The third-order valence-electron chi connectivity index (χ3n) is 7.92. The minimum atomic E-state index is -4.92. The molecule has 4 unspecified atom stereocenters. The van der Waals surface area contributed by atoms with Crippen LogP contribution in [-0.2, 0) is 39.7 Å². The summed E-state index contributed by atoms with van der Waals surface area (Å²) >= 11 is 0. The van der Waals surface area contributed by atoms with Gasteiger partial charge in [0.25, 0.3) is 5.91 Å². The first-order valence-corrected chi connectivity index (χ1v) is 13.9. The topological polar surface area (TPSA) is 258 Å². The zero-order valence-electron chi connectivity index (χ0n) is 23.6. The molecule has 0 aromatic heterocycles. The molecule has 4 rings (SSSR count). The molecule has 0 spiro atoms. The van der Waals surface area contributed by atoms with Crippen molar-refractivity contribution in [3.63, 3.8) is 0 Å². The largest absolute Gasteiger partial charge is 0.508 e. The van der Waals surface area contributed by atoms with Crippen LogP contribution in [0.25, 0.3) is 5.76 Å². The van der Waals surface area contributed by atoms with Crippen LogP contribution in [-0.4, -0.2) is 109 Å². The van der Waals surface area contributed by atoms with E-state index >= 15 is 0 Å². The molecule has 0 radical (unpaired) electrons. The highest BCUT2D eigenvalue weighted by atomic mass is 32.3. The van der Waals surface area contributed by atoms with E-state index in [1.165, 1.54) is 38.0 Å². The molecule has 0 heterocycles. The van der Waals surface area contributed by atoms with E-state index in [0.717, 1.165) is 6.07 Å². The van der Waals surface area contributed by atoms with Crippen molar-refractivity contribution in [2.75, 3.05) is 45.3 Å². The first kappa shape index (κ1) is 31.7. The van der Waals surface area contributed by atoms with E-state index in [1.54, 1.807) is 0 Å². The Bertz CT molecular complexity index is 1630. The lowest BCUT2D eigenvalue weighted by Gasteiger charge is -2.50. The number of hydrogen-bond acceptors (Lipinski definition) is 14. The van der Waals surface area contributed by atoms with Crippen LogP contribution in [0, 0.1) is 11.8 Å². The van der Waals surface area contributed by atoms with Crippen molar-refractivity contribution in [1.82, 2.24) is 4.90 Å². The number of anilines is 2. The monoisotopic (exact) mass is 626 g/mol. The van der Waals surface area contributed by atoms with Gasteiger partial charge in [0, 0.05) is 31.3 Å². The number of aliphatic hydroxyl groups excluding tert-OH is 2. The molecule has 1 aromatic carbocycles. The van der Waals surface area contributed by atoms with E-state index in [4.69, 9.17) is 5.73 Å². The van der Waals surface area contributed by atoms with Gasteiger partial charge < -0.3 is 36.2 Å². The third kappa shape index (κ3) is 4.67. The van der Waals surface area contributed by atoms with Crippen molar-refractivity contribution in [3.8, 4) is 5.75 Å². The number of aromatic hydroxyl groups is 1. The maximum absolute atomic E-state index is 14.0. The number of phenols is 1. The van der Waals surface area contributed by atoms with Crippen molar-refractivity contribution in [2.45, 2.75) is 24.5 Å². The highest BCUT2D eigenvalue weighted by Gasteiger charge is 2.64. The predicted octanol–water partition coefficient (Wildman–Crippen LogP) is -0.663. The summed E-state index contributed by atoms with van der Waals surface area (Å²) in [5.41, 5.74) is 0.0779. The first-order chi connectivity index (χ1) is 19.8. The minimum absolute atomic E-state index is 0.0970. The summed E-state index contributed by atoms with van der Waals surface area (Å²) in [4.78, 5) is 54.2. The van der Waals surface area contributed by atoms with Gasteiger partial charge in [0.2, 0.25) is 5.78 Å². The number of fused-ring (bicyclic) bond motifs is 3. The number of primary amides is 1. The van der Waals surface area contributed by atoms with E-state index in [1.807, 2.05) is 0 Å². The highest BCUT2D eigenvalue weighted by Crippen LogP contribution is 2.55. The fourth-order valence-corrected chi connectivity index (χ4v) is 6.52. The van der Waals surface area contributed by atoms with Crippen LogP contribution in [0.3, 0.4) is 0 Å². The Hall–Kier alpha value is -4.23. The molecule has 4 atom stereocenters. The van der Waals surface area contributed by atoms with Gasteiger partial charge in [-0.2, -0.15) is 8.42 Å². The molecule has 2 amide bonds. The maximum Gasteiger partial charge on any atom is 0.437 e. The van der Waals surface area contributed by atoms with Crippen LogP contribution in [0.15, 0.2) is 23.0 Å². The molecule has 18 heteroatoms. The number of hydrogen-bond donors (Lipinski definition) is 6. The van der Waals surface area contributed by atoms with Crippen molar-refractivity contribution < 1.29 is 61.6 Å². The average Bonchev–Trinajstić information content (AvgIpc) is 2.89. The Labute approximate surface area is 244 Å². The summed E-state index contributed by atoms with van der Waals surface area (Å²) in [6.07, 6.45) is -2.28. The smallest absolute Gasteiger partial charge is 0.437 e. The number of carboxylic acid groups (broad SMARTS) is 1. The summed E-state index contributed by atoms with van der Waals surface area (Å²) < 4.78 is 32.4. The molecule has 43 heavy (non-hydrogen) atoms. The van der Waals surface area contributed by atoms with E-state index in [2.05, 4.69) is 8.47 Å². The number of likely N-dealkylation sites (N-methyl/N-ethyl adjacent to an activating group) is 1. The second-order valence-corrected chi connectivity index (χ2v) is 12.0. The number of ketones is 2. The van der Waals surface area contributed by atoms with Crippen LogP contribution in [0.4, 0.5) is 16.2 Å². The standard InChI is InChI=1S/C25H30N4O13S/c1-27(2)12-8-13(29(24(36)37)42-43(39,40)41-5)18(30)15-10(12)6-9-7-11-17(28(3)4)20(32)16(23(26)35)22(34)25(11,38)21(33)14(9)19(15)31/h8-9,11,17,30-31,34,38H,6-7H2,1-5H3,(H2,26,35)(H,36,37). The first-order valence-electron chi connectivity index (χ1n) is 12.6. The summed E-state index contributed by atoms with van der Waals surface area (Å²) in [5, 5.41) is 54.8. The molecule has 3 aliphatic carbocycles. The molecule has 17 nitrogen and oxygen atoms in total. The quantitative estimate of drug-likeness (QED) is 0.162. The molecule has 1 aromatic rings. The van der Waals surface area contributed by atoms with Gasteiger partial charge >= 0.3 is 16.5 Å². The van der Waals surface area contributed by atoms with Gasteiger partial charge in [-0.3, -0.25) is 23.5 Å². The molecule has 3 aliphatic rings. The highest BCUT2D eigenvalue weighted by molar-refractivity contribution is 7.81. The Kier molecular flexibility index (Phi) is 7.73. The second-order valence-electron chi connectivity index (χ2n) is 10.7. The normalized spacial score (nSPS) is 25.3. The number of nitrogens with two attached hydrogens (primary N) is 1. The minimum Gasteiger partial charge on any atom is -0.508 e. The number of Topliss-reactive ketones (excluding diaryl/α,β-unsaturated/α-hetero) is 2. The van der Waals surface area contributed by atoms with Crippen molar-refractivity contribution in [3.05, 3.63) is 34.1 Å². The molecule has 1 fully saturated rings. The van der Waals surface area contributed by atoms with Crippen LogP contribution in [0.2, 0.25) is 0 Å². The molecular formula is C25H30N4O13S. The average molecular weight is 627 g/mol. The number of carbonyl (C=O) groups excluding carboxylic acids is 3. The lowest BCUT2D eigenvalue weighted by Crippen LogP contribution is -2.65. The molecule has 0 saturated heterocycles. The summed E-state index contributed by atoms with van der Waals surface area (Å²) in [5.74, 6) is -8.96. The Morgan fingerprint density at radius 1 is 1.09 bits per heavy atom. The Morgan fingerprint density at radius 2 is 1.70 bits per heavy atom. The van der Waals surface area contributed by atoms with Gasteiger partial charge in [0.05, 0.1) is 18.7 Å². The van der Waals surface area contributed by atoms with E-state index in [0.29, 0.717) is 7.11 Å². The molecule has 0 aliphatic heterocycles. The summed E-state index contributed by atoms with van der Waals surface area (Å²) in [6.45, 7) is 0. The predicted molar refractivity (Wildman–Crippen MR) is 146 cm³/mol. The maximum atomic E-state index is 14.0. The van der Waals surface area contributed by atoms with Gasteiger partial charge in [0.15, 0.2) is 17.1 Å². The van der Waals surface area contributed by atoms with Crippen LogP contribution < -0.4 is 15.7 Å². The number of amides is 2. The second kappa shape index (κ2) is 10.5. The van der Waals surface area contributed by atoms with Gasteiger partial charge in [0.1, 0.15) is 22.8 Å². The lowest BCUT2D eigenvalue weighted by molar-refractivity contribution is -0.153. The Balaban J connectivity index is 2.02. The third-order valence-corrected chi connectivity index (χ3v) is 8.66. The fraction of sp³-hybridized carbons (Fsp3) is 0.440. The van der Waals surface area contributed by atoms with Crippen LogP contribution in [0.1, 0.15) is 17.5 Å². The number of carbonyl (C=O) groups is 4. The van der Waals surface area contributed by atoms with Crippen molar-refractivity contribution >= 4 is 51.1 Å². The number of hydroxylamine groups is 1. The number of phenolic OH excluding ortho intramolecular Hbond substituents is 1. The molecular weight excluding hydrogens is 596 g/mol. The molecule has 234 valence electrons. The Morgan fingerprint density at radius 3 is 2.19 bits per heavy atom. The number of rotatable bonds is 7. The molecule has 7 N–H and O–H groups in total. The van der Waals surface area contributed by atoms with E-state index < -0.39 is 97.1 Å². The van der Waals surface area contributed by atoms with Gasteiger partial charge in [-0.05, 0) is 44.5 Å². The summed E-state index contributed by atoms with van der Waals surface area (Å²) in [6, 6.07) is -0.196. The SMILES string of the molecule is COS(=O)(=O)ON(C(=O)O)c1cc(N(C)C)c2c(c1O)C(O)=C1C(=O)C3(O)C(O)=C(C(N)=O)C(=O)C(N(C)C)C3CC1C2. The van der Waals surface area contributed by atoms with Crippen LogP contribution >= 0.6 is 0 Å². The fourth-order valence-electron chi connectivity index (χ4n) is 6.13. The van der Waals surface area contributed by atoms with Gasteiger partial charge in [-0.15, -0.1) is 9.35 Å². The van der Waals surface area contributed by atoms with Gasteiger partial charge in [-0.25, -0.2) is 4.79 Å². The zero-order valence-corrected chi connectivity index (χ0v) is 24.4. The van der Waals surface area contributed by atoms with Gasteiger partial charge in [-0.1, -0.05) is 0 Å². The van der Waals surface area contributed by atoms with Crippen LogP contribution in [0.5, 0.6) is 5.75 Å². The van der Waals surface area contributed by atoms with E-state index in [9.17, 15) is 53.1 Å². The van der Waals surface area contributed by atoms with Crippen molar-refractivity contribution in [1.29, 1.82) is 0 Å². The number of aliphatic hydroxyl groups is 3. The molecule has 0 bridgehead atoms. The number of benzene rings is 1. The molecule has 1 saturated carbocycles. The summed E-state index contributed by atoms with van der Waals surface area (Å²) in [7, 11) is 1.78. The zero-order chi connectivity index (χ0) is 32.5. The lowest BCUT2D eigenvalue weighted by atomic mass is 9.57.